The molecule has 1 aliphatic rings. The summed E-state index contributed by atoms with van der Waals surface area (Å²) in [6.45, 7) is 3.89. The normalized spacial score (nSPS) is 16.2. The van der Waals surface area contributed by atoms with Crippen LogP contribution in [0.4, 0.5) is 10.5 Å². The van der Waals surface area contributed by atoms with E-state index in [1.807, 2.05) is 80.6 Å². The SMILES string of the molecule is CC1=C(c2nc(-c3cccc(C)c3)no2)C(c2ccccc2)NC(=O)N1c1cccc(Cl)c1. The van der Waals surface area contributed by atoms with Crippen LogP contribution in [0.1, 0.15) is 30.0 Å². The number of amides is 2. The minimum Gasteiger partial charge on any atom is -0.334 e. The topological polar surface area (TPSA) is 71.3 Å². The van der Waals surface area contributed by atoms with Gasteiger partial charge in [0.15, 0.2) is 0 Å². The molecule has 3 aromatic carbocycles. The highest BCUT2D eigenvalue weighted by Gasteiger charge is 2.36. The molecule has 7 heteroatoms. The highest BCUT2D eigenvalue weighted by molar-refractivity contribution is 6.31. The minimum atomic E-state index is -0.444. The molecule has 0 radical (unpaired) electrons. The Kier molecular flexibility index (Phi) is 5.44. The van der Waals surface area contributed by atoms with E-state index in [0.717, 1.165) is 22.3 Å². The molecule has 0 aliphatic carbocycles. The van der Waals surface area contributed by atoms with Crippen LogP contribution in [0.2, 0.25) is 5.02 Å². The summed E-state index contributed by atoms with van der Waals surface area (Å²) in [5, 5.41) is 7.86. The van der Waals surface area contributed by atoms with Gasteiger partial charge in [0, 0.05) is 16.3 Å². The summed E-state index contributed by atoms with van der Waals surface area (Å²) >= 11 is 6.21. The molecular formula is C26H21ClN4O2. The second-order valence-corrected chi connectivity index (χ2v) is 8.34. The maximum absolute atomic E-state index is 13.2. The lowest BCUT2D eigenvalue weighted by atomic mass is 9.94. The minimum absolute atomic E-state index is 0.259. The first-order chi connectivity index (χ1) is 16.0. The van der Waals surface area contributed by atoms with Crippen molar-refractivity contribution in [3.63, 3.8) is 0 Å². The monoisotopic (exact) mass is 456 g/mol. The number of hydrogen-bond acceptors (Lipinski definition) is 4. The van der Waals surface area contributed by atoms with Crippen LogP contribution in [0.25, 0.3) is 17.0 Å². The fourth-order valence-corrected chi connectivity index (χ4v) is 4.26. The van der Waals surface area contributed by atoms with E-state index in [1.54, 1.807) is 17.0 Å². The van der Waals surface area contributed by atoms with E-state index in [9.17, 15) is 4.79 Å². The molecule has 0 saturated heterocycles. The number of halogens is 1. The molecule has 0 saturated carbocycles. The van der Waals surface area contributed by atoms with Gasteiger partial charge in [-0.05, 0) is 43.7 Å². The quantitative estimate of drug-likeness (QED) is 0.385. The van der Waals surface area contributed by atoms with Crippen molar-refractivity contribution in [2.24, 2.45) is 0 Å². The van der Waals surface area contributed by atoms with Crippen molar-refractivity contribution >= 4 is 28.9 Å². The molecule has 5 rings (SSSR count). The predicted octanol–water partition coefficient (Wildman–Crippen LogP) is 6.40. The third-order valence-corrected chi connectivity index (χ3v) is 5.85. The second-order valence-electron chi connectivity index (χ2n) is 7.90. The van der Waals surface area contributed by atoms with E-state index in [4.69, 9.17) is 21.1 Å². The molecule has 1 atom stereocenters. The standard InChI is InChI=1S/C26H21ClN4O2/c1-16-8-6-11-19(14-16)24-29-25(33-30-24)22-17(2)31(21-13-7-12-20(27)15-21)26(32)28-23(22)18-9-4-3-5-10-18/h3-15,23H,1-2H3,(H,28,32). The summed E-state index contributed by atoms with van der Waals surface area (Å²) in [5.74, 6) is 0.844. The summed E-state index contributed by atoms with van der Waals surface area (Å²) in [6.07, 6.45) is 0. The van der Waals surface area contributed by atoms with Crippen molar-refractivity contribution < 1.29 is 9.32 Å². The van der Waals surface area contributed by atoms with Crippen LogP contribution in [0.15, 0.2) is 89.1 Å². The van der Waals surface area contributed by atoms with Crippen LogP contribution in [-0.4, -0.2) is 16.2 Å². The molecule has 0 fully saturated rings. The zero-order chi connectivity index (χ0) is 22.9. The molecule has 4 aromatic rings. The van der Waals surface area contributed by atoms with Crippen LogP contribution in [0, 0.1) is 6.92 Å². The van der Waals surface area contributed by atoms with Gasteiger partial charge in [-0.15, -0.1) is 0 Å². The number of nitrogens with one attached hydrogen (secondary N) is 1. The third kappa shape index (κ3) is 4.01. The molecular weight excluding hydrogens is 436 g/mol. The molecule has 2 amide bonds. The van der Waals surface area contributed by atoms with Crippen molar-refractivity contribution in [3.05, 3.63) is 107 Å². The van der Waals surface area contributed by atoms with Gasteiger partial charge in [0.25, 0.3) is 5.89 Å². The number of aromatic nitrogens is 2. The van der Waals surface area contributed by atoms with Crippen molar-refractivity contribution in [2.75, 3.05) is 4.90 Å². The Balaban J connectivity index is 1.66. The van der Waals surface area contributed by atoms with E-state index in [2.05, 4.69) is 10.5 Å². The summed E-state index contributed by atoms with van der Waals surface area (Å²) in [5.41, 5.74) is 4.96. The number of aryl methyl sites for hydroxylation is 1. The molecule has 1 aromatic heterocycles. The number of carbonyl (C=O) groups is 1. The average molecular weight is 457 g/mol. The van der Waals surface area contributed by atoms with Crippen LogP contribution in [0.5, 0.6) is 0 Å². The lowest BCUT2D eigenvalue weighted by molar-refractivity contribution is 0.244. The molecule has 1 aliphatic heterocycles. The number of urea groups is 1. The Bertz CT molecular complexity index is 1360. The van der Waals surface area contributed by atoms with Gasteiger partial charge in [0.05, 0.1) is 17.3 Å². The molecule has 164 valence electrons. The zero-order valence-electron chi connectivity index (χ0n) is 18.1. The van der Waals surface area contributed by atoms with Gasteiger partial charge in [-0.2, -0.15) is 4.98 Å². The van der Waals surface area contributed by atoms with Crippen LogP contribution in [0.3, 0.4) is 0 Å². The molecule has 0 bridgehead atoms. The summed E-state index contributed by atoms with van der Waals surface area (Å²) in [4.78, 5) is 19.5. The number of allylic oxidation sites excluding steroid dienone is 1. The first kappa shape index (κ1) is 21.0. The maximum Gasteiger partial charge on any atom is 0.326 e. The first-order valence-electron chi connectivity index (χ1n) is 10.5. The van der Waals surface area contributed by atoms with E-state index in [1.165, 1.54) is 0 Å². The number of benzene rings is 3. The van der Waals surface area contributed by atoms with Gasteiger partial charge >= 0.3 is 6.03 Å². The summed E-state index contributed by atoms with van der Waals surface area (Å²) in [7, 11) is 0. The van der Waals surface area contributed by atoms with Crippen molar-refractivity contribution in [2.45, 2.75) is 19.9 Å². The molecule has 0 spiro atoms. The van der Waals surface area contributed by atoms with Crippen molar-refractivity contribution in [1.82, 2.24) is 15.5 Å². The van der Waals surface area contributed by atoms with Crippen LogP contribution in [-0.2, 0) is 0 Å². The lowest BCUT2D eigenvalue weighted by Gasteiger charge is -2.35. The third-order valence-electron chi connectivity index (χ3n) is 5.62. The van der Waals surface area contributed by atoms with Gasteiger partial charge < -0.3 is 9.84 Å². The maximum atomic E-state index is 13.2. The largest absolute Gasteiger partial charge is 0.334 e. The fourth-order valence-electron chi connectivity index (χ4n) is 4.08. The molecule has 33 heavy (non-hydrogen) atoms. The summed E-state index contributed by atoms with van der Waals surface area (Å²) in [6, 6.07) is 24.1. The summed E-state index contributed by atoms with van der Waals surface area (Å²) < 4.78 is 5.74. The first-order valence-corrected chi connectivity index (χ1v) is 10.9. The van der Waals surface area contributed by atoms with Gasteiger partial charge in [-0.1, -0.05) is 76.9 Å². The number of carbonyl (C=O) groups excluding carboxylic acids is 1. The van der Waals surface area contributed by atoms with Crippen molar-refractivity contribution in [3.8, 4) is 11.4 Å². The Morgan fingerprint density at radius 2 is 1.76 bits per heavy atom. The second kappa shape index (κ2) is 8.56. The van der Waals surface area contributed by atoms with E-state index in [0.29, 0.717) is 28.1 Å². The number of hydrogen-bond donors (Lipinski definition) is 1. The van der Waals surface area contributed by atoms with Crippen LogP contribution < -0.4 is 10.2 Å². The fraction of sp³-hybridized carbons (Fsp3) is 0.115. The smallest absolute Gasteiger partial charge is 0.326 e. The Hall–Kier alpha value is -3.90. The molecule has 1 N–H and O–H groups in total. The number of anilines is 1. The van der Waals surface area contributed by atoms with Crippen molar-refractivity contribution in [1.29, 1.82) is 0 Å². The van der Waals surface area contributed by atoms with Gasteiger partial charge in [-0.3, -0.25) is 4.90 Å². The highest BCUT2D eigenvalue weighted by atomic mass is 35.5. The molecule has 1 unspecified atom stereocenters. The highest BCUT2D eigenvalue weighted by Crippen LogP contribution is 2.39. The predicted molar refractivity (Wildman–Crippen MR) is 129 cm³/mol. The Labute approximate surface area is 196 Å². The van der Waals surface area contributed by atoms with Crippen LogP contribution >= 0.6 is 11.6 Å². The zero-order valence-corrected chi connectivity index (χ0v) is 18.9. The van der Waals surface area contributed by atoms with Gasteiger partial charge in [0.2, 0.25) is 5.82 Å². The Morgan fingerprint density at radius 3 is 2.52 bits per heavy atom. The van der Waals surface area contributed by atoms with E-state index < -0.39 is 6.04 Å². The van der Waals surface area contributed by atoms with Gasteiger partial charge in [0.1, 0.15) is 0 Å². The Morgan fingerprint density at radius 1 is 0.970 bits per heavy atom. The van der Waals surface area contributed by atoms with E-state index in [-0.39, 0.29) is 6.03 Å². The lowest BCUT2D eigenvalue weighted by Crippen LogP contribution is -2.46. The van der Waals surface area contributed by atoms with E-state index >= 15 is 0 Å². The molecule has 2 heterocycles. The molecule has 6 nitrogen and oxygen atoms in total. The number of nitrogens with zero attached hydrogens (tertiary/aromatic N) is 3. The van der Waals surface area contributed by atoms with Gasteiger partial charge in [-0.25, -0.2) is 4.79 Å². The average Bonchev–Trinajstić information content (AvgIpc) is 3.29. The number of rotatable bonds is 4.